The van der Waals surface area contributed by atoms with E-state index in [9.17, 15) is 14.7 Å². The number of carbonyl (C=O) groups excluding carboxylic acids is 2. The van der Waals surface area contributed by atoms with Crippen molar-refractivity contribution >= 4 is 11.8 Å². The quantitative estimate of drug-likeness (QED) is 0.800. The minimum atomic E-state index is -0.737. The van der Waals surface area contributed by atoms with E-state index >= 15 is 0 Å². The number of β-amino-alcohol motifs (C(OH)–C–C–N with tert-alkyl or cyclic N) is 1. The molecule has 0 aliphatic carbocycles. The van der Waals surface area contributed by atoms with Gasteiger partial charge in [-0.15, -0.1) is 0 Å². The van der Waals surface area contributed by atoms with Crippen molar-refractivity contribution in [2.45, 2.75) is 26.5 Å². The Morgan fingerprint density at radius 1 is 1.14 bits per heavy atom. The predicted octanol–water partition coefficient (Wildman–Crippen LogP) is 1.12. The van der Waals surface area contributed by atoms with Crippen LogP contribution in [0.25, 0.3) is 0 Å². The SMILES string of the molecule is C[C@@H]1C(=O)N(C[C@@H](O)CN(C)Cc2ccccc2)C(=O)[C@@H]1C. The van der Waals surface area contributed by atoms with Crippen molar-refractivity contribution in [2.24, 2.45) is 11.8 Å². The highest BCUT2D eigenvalue weighted by Crippen LogP contribution is 2.25. The zero-order chi connectivity index (χ0) is 16.3. The molecule has 0 radical (unpaired) electrons. The van der Waals surface area contributed by atoms with E-state index in [4.69, 9.17) is 0 Å². The van der Waals surface area contributed by atoms with Crippen LogP contribution in [0.1, 0.15) is 19.4 Å². The number of likely N-dealkylation sites (N-methyl/N-ethyl adjacent to an activating group) is 1. The number of rotatable bonds is 6. The molecule has 0 unspecified atom stereocenters. The lowest BCUT2D eigenvalue weighted by Crippen LogP contribution is -2.42. The minimum absolute atomic E-state index is 0.0749. The number of likely N-dealkylation sites (tertiary alicyclic amines) is 1. The molecule has 3 atom stereocenters. The Morgan fingerprint density at radius 2 is 1.68 bits per heavy atom. The Hall–Kier alpha value is -1.72. The van der Waals surface area contributed by atoms with Crippen LogP contribution in [0.3, 0.4) is 0 Å². The molecule has 1 saturated heterocycles. The molecule has 5 nitrogen and oxygen atoms in total. The molecule has 2 amide bonds. The van der Waals surface area contributed by atoms with Crippen molar-refractivity contribution in [3.63, 3.8) is 0 Å². The summed E-state index contributed by atoms with van der Waals surface area (Å²) in [5, 5.41) is 10.2. The Labute approximate surface area is 131 Å². The maximum Gasteiger partial charge on any atom is 0.232 e. The third-order valence-corrected chi connectivity index (χ3v) is 4.27. The monoisotopic (exact) mass is 304 g/mol. The second kappa shape index (κ2) is 7.03. The van der Waals surface area contributed by atoms with E-state index in [0.717, 1.165) is 5.56 Å². The van der Waals surface area contributed by atoms with E-state index in [1.807, 2.05) is 42.3 Å². The summed E-state index contributed by atoms with van der Waals surface area (Å²) < 4.78 is 0. The zero-order valence-corrected chi connectivity index (χ0v) is 13.4. The second-order valence-electron chi connectivity index (χ2n) is 6.20. The molecule has 1 heterocycles. The first-order valence-corrected chi connectivity index (χ1v) is 7.66. The molecule has 22 heavy (non-hydrogen) atoms. The van der Waals surface area contributed by atoms with Crippen molar-refractivity contribution in [3.8, 4) is 0 Å². The maximum atomic E-state index is 12.0. The van der Waals surface area contributed by atoms with Crippen molar-refractivity contribution < 1.29 is 14.7 Å². The Morgan fingerprint density at radius 3 is 2.23 bits per heavy atom. The van der Waals surface area contributed by atoms with Crippen LogP contribution in [0.15, 0.2) is 30.3 Å². The molecule has 1 aliphatic heterocycles. The van der Waals surface area contributed by atoms with Gasteiger partial charge in [-0.25, -0.2) is 0 Å². The number of imide groups is 1. The third kappa shape index (κ3) is 3.72. The molecule has 1 N–H and O–H groups in total. The summed E-state index contributed by atoms with van der Waals surface area (Å²) in [5.41, 5.74) is 1.16. The normalized spacial score (nSPS) is 23.4. The van der Waals surface area contributed by atoms with Crippen LogP contribution < -0.4 is 0 Å². The summed E-state index contributed by atoms with van der Waals surface area (Å²) in [5.74, 6) is -0.937. The number of aliphatic hydroxyl groups excluding tert-OH is 1. The lowest BCUT2D eigenvalue weighted by atomic mass is 10.00. The fourth-order valence-electron chi connectivity index (χ4n) is 2.80. The summed E-state index contributed by atoms with van der Waals surface area (Å²) in [6, 6.07) is 9.97. The number of hydrogen-bond acceptors (Lipinski definition) is 4. The molecule has 1 aliphatic rings. The van der Waals surface area contributed by atoms with Crippen molar-refractivity contribution in [3.05, 3.63) is 35.9 Å². The van der Waals surface area contributed by atoms with Gasteiger partial charge in [-0.05, 0) is 12.6 Å². The summed E-state index contributed by atoms with van der Waals surface area (Å²) >= 11 is 0. The molecule has 1 aromatic carbocycles. The van der Waals surface area contributed by atoms with Crippen LogP contribution in [0.5, 0.6) is 0 Å². The molecular weight excluding hydrogens is 280 g/mol. The van der Waals surface area contributed by atoms with E-state index in [1.54, 1.807) is 13.8 Å². The standard InChI is InChI=1S/C17H24N2O3/c1-12-13(2)17(22)19(16(12)21)11-15(20)10-18(3)9-14-7-5-4-6-8-14/h4-8,12-13,15,20H,9-11H2,1-3H3/t12-,13+,15-/m0/s1. The third-order valence-electron chi connectivity index (χ3n) is 4.27. The van der Waals surface area contributed by atoms with Gasteiger partial charge in [0.2, 0.25) is 11.8 Å². The second-order valence-corrected chi connectivity index (χ2v) is 6.20. The van der Waals surface area contributed by atoms with Gasteiger partial charge in [0.1, 0.15) is 0 Å². The first kappa shape index (κ1) is 16.6. The lowest BCUT2D eigenvalue weighted by Gasteiger charge is -2.24. The highest BCUT2D eigenvalue weighted by Gasteiger charge is 2.42. The topological polar surface area (TPSA) is 60.9 Å². The van der Waals surface area contributed by atoms with Gasteiger partial charge in [0.15, 0.2) is 0 Å². The van der Waals surface area contributed by atoms with Gasteiger partial charge in [-0.1, -0.05) is 44.2 Å². The van der Waals surface area contributed by atoms with Gasteiger partial charge in [0.25, 0.3) is 0 Å². The van der Waals surface area contributed by atoms with Crippen molar-refractivity contribution in [1.29, 1.82) is 0 Å². The zero-order valence-electron chi connectivity index (χ0n) is 13.4. The predicted molar refractivity (Wildman–Crippen MR) is 83.8 cm³/mol. The van der Waals surface area contributed by atoms with Crippen molar-refractivity contribution in [1.82, 2.24) is 9.80 Å². The Bertz CT molecular complexity index is 512. The molecule has 2 rings (SSSR count). The number of nitrogens with zero attached hydrogens (tertiary/aromatic N) is 2. The van der Waals surface area contributed by atoms with E-state index in [1.165, 1.54) is 4.90 Å². The van der Waals surface area contributed by atoms with Crippen LogP contribution in [0.2, 0.25) is 0 Å². The summed E-state index contributed by atoms with van der Waals surface area (Å²) in [6.45, 7) is 4.73. The van der Waals surface area contributed by atoms with Crippen LogP contribution >= 0.6 is 0 Å². The van der Waals surface area contributed by atoms with Crippen LogP contribution in [-0.2, 0) is 16.1 Å². The molecule has 0 aromatic heterocycles. The van der Waals surface area contributed by atoms with Crippen LogP contribution in [0.4, 0.5) is 0 Å². The summed E-state index contributed by atoms with van der Waals surface area (Å²) in [6.07, 6.45) is -0.737. The summed E-state index contributed by atoms with van der Waals surface area (Å²) in [4.78, 5) is 27.2. The molecule has 120 valence electrons. The van der Waals surface area contributed by atoms with E-state index < -0.39 is 6.10 Å². The largest absolute Gasteiger partial charge is 0.390 e. The average Bonchev–Trinajstić information content (AvgIpc) is 2.66. The molecule has 1 fully saturated rings. The Kier molecular flexibility index (Phi) is 5.32. The number of benzene rings is 1. The van der Waals surface area contributed by atoms with Gasteiger partial charge < -0.3 is 5.11 Å². The van der Waals surface area contributed by atoms with Gasteiger partial charge in [0.05, 0.1) is 12.6 Å². The lowest BCUT2D eigenvalue weighted by molar-refractivity contribution is -0.141. The minimum Gasteiger partial charge on any atom is -0.390 e. The van der Waals surface area contributed by atoms with E-state index in [2.05, 4.69) is 0 Å². The van der Waals surface area contributed by atoms with Gasteiger partial charge in [-0.2, -0.15) is 0 Å². The fraction of sp³-hybridized carbons (Fsp3) is 0.529. The number of aliphatic hydroxyl groups is 1. The molecule has 1 aromatic rings. The van der Waals surface area contributed by atoms with Gasteiger partial charge >= 0.3 is 0 Å². The first-order valence-electron chi connectivity index (χ1n) is 7.66. The molecular formula is C17H24N2O3. The highest BCUT2D eigenvalue weighted by molar-refractivity contribution is 6.04. The van der Waals surface area contributed by atoms with Crippen LogP contribution in [0, 0.1) is 11.8 Å². The van der Waals surface area contributed by atoms with Crippen molar-refractivity contribution in [2.75, 3.05) is 20.1 Å². The van der Waals surface area contributed by atoms with E-state index in [0.29, 0.717) is 13.1 Å². The number of hydrogen-bond donors (Lipinski definition) is 1. The van der Waals surface area contributed by atoms with Crippen LogP contribution in [-0.4, -0.2) is 53.0 Å². The number of amides is 2. The Balaban J connectivity index is 1.86. The van der Waals surface area contributed by atoms with Gasteiger partial charge in [0, 0.05) is 24.9 Å². The summed E-state index contributed by atoms with van der Waals surface area (Å²) in [7, 11) is 1.91. The molecule has 0 bridgehead atoms. The smallest absolute Gasteiger partial charge is 0.232 e. The molecule has 5 heteroatoms. The maximum absolute atomic E-state index is 12.0. The fourth-order valence-corrected chi connectivity index (χ4v) is 2.80. The van der Waals surface area contributed by atoms with Gasteiger partial charge in [-0.3, -0.25) is 19.4 Å². The molecule has 0 spiro atoms. The van der Waals surface area contributed by atoms with E-state index in [-0.39, 0.29) is 30.2 Å². The number of carbonyl (C=O) groups is 2. The molecule has 0 saturated carbocycles. The average molecular weight is 304 g/mol. The highest BCUT2D eigenvalue weighted by atomic mass is 16.3. The first-order chi connectivity index (χ1) is 10.4.